The van der Waals surface area contributed by atoms with Crippen LogP contribution in [0, 0.1) is 17.2 Å². The highest BCUT2D eigenvalue weighted by molar-refractivity contribution is 5.97. The number of nitriles is 1. The highest BCUT2D eigenvalue weighted by Crippen LogP contribution is 2.33. The zero-order chi connectivity index (χ0) is 22.0. The average molecular weight is 416 g/mol. The van der Waals surface area contributed by atoms with Crippen LogP contribution in [0.15, 0.2) is 31.2 Å². The van der Waals surface area contributed by atoms with Crippen molar-refractivity contribution in [2.75, 3.05) is 5.73 Å². The van der Waals surface area contributed by atoms with Crippen molar-refractivity contribution in [2.45, 2.75) is 46.2 Å². The minimum atomic E-state index is -0.173. The summed E-state index contributed by atoms with van der Waals surface area (Å²) in [6, 6.07) is 1.82. The molecule has 0 amide bonds. The summed E-state index contributed by atoms with van der Waals surface area (Å²) in [5.74, 6) is 1.06. The van der Waals surface area contributed by atoms with Crippen molar-refractivity contribution in [3.8, 4) is 17.5 Å². The summed E-state index contributed by atoms with van der Waals surface area (Å²) in [6.07, 6.45) is 10.9. The minimum absolute atomic E-state index is 0.173. The molecule has 1 saturated carbocycles. The SMILES string of the molecule is CC.CC(c1cn(CC2CC2)cn1)n1nc(-c2cncc(C#N)n2)c2c(N)ncnc21. The largest absolute Gasteiger partial charge is 0.383 e. The Kier molecular flexibility index (Phi) is 5.58. The molecule has 0 aliphatic heterocycles. The molecule has 31 heavy (non-hydrogen) atoms. The van der Waals surface area contributed by atoms with Gasteiger partial charge in [-0.05, 0) is 25.7 Å². The number of aromatic nitrogens is 8. The van der Waals surface area contributed by atoms with Gasteiger partial charge in [0.15, 0.2) is 11.3 Å². The Balaban J connectivity index is 0.00000112. The maximum atomic E-state index is 9.15. The van der Waals surface area contributed by atoms with E-state index in [-0.39, 0.29) is 11.7 Å². The summed E-state index contributed by atoms with van der Waals surface area (Å²) < 4.78 is 3.90. The first-order valence-corrected chi connectivity index (χ1v) is 10.4. The Labute approximate surface area is 179 Å². The standard InChI is InChI=1S/C19H18N10.C2H6/c1-11(15-8-28(10-25-15)7-12-2-3-12)29-19-16(18(21)23-9-24-19)17(27-29)14-6-22-5-13(4-20)26-14;1-2/h5-6,8-12H,2-3,7H2,1H3,(H2,21,23,24);1-2H3. The number of hydrogen-bond donors (Lipinski definition) is 1. The molecule has 1 unspecified atom stereocenters. The second kappa shape index (κ2) is 8.47. The molecule has 0 bridgehead atoms. The summed E-state index contributed by atoms with van der Waals surface area (Å²) >= 11 is 0. The second-order valence-corrected chi connectivity index (χ2v) is 7.27. The third-order valence-electron chi connectivity index (χ3n) is 5.12. The Morgan fingerprint density at radius 2 is 2.03 bits per heavy atom. The molecule has 0 spiro atoms. The van der Waals surface area contributed by atoms with Crippen molar-refractivity contribution in [3.63, 3.8) is 0 Å². The third-order valence-corrected chi connectivity index (χ3v) is 5.12. The second-order valence-electron chi connectivity index (χ2n) is 7.27. The fraction of sp³-hybridized carbons (Fsp3) is 0.381. The fourth-order valence-electron chi connectivity index (χ4n) is 3.40. The van der Waals surface area contributed by atoms with Crippen LogP contribution in [0.5, 0.6) is 0 Å². The Hall–Kier alpha value is -3.87. The lowest BCUT2D eigenvalue weighted by Gasteiger charge is -2.10. The van der Waals surface area contributed by atoms with Gasteiger partial charge >= 0.3 is 0 Å². The molecule has 1 aliphatic carbocycles. The number of anilines is 1. The average Bonchev–Trinajstić information content (AvgIpc) is 3.34. The number of nitrogens with two attached hydrogens (primary N) is 1. The summed E-state index contributed by atoms with van der Waals surface area (Å²) in [5.41, 5.74) is 8.75. The molecule has 0 radical (unpaired) electrons. The lowest BCUT2D eigenvalue weighted by atomic mass is 10.2. The van der Waals surface area contributed by atoms with Crippen LogP contribution in [-0.4, -0.2) is 39.3 Å². The van der Waals surface area contributed by atoms with Crippen molar-refractivity contribution in [2.24, 2.45) is 5.92 Å². The molecular weight excluding hydrogens is 392 g/mol. The molecule has 10 heteroatoms. The fourth-order valence-corrected chi connectivity index (χ4v) is 3.40. The van der Waals surface area contributed by atoms with Gasteiger partial charge in [0, 0.05) is 12.7 Å². The van der Waals surface area contributed by atoms with Gasteiger partial charge in [-0.15, -0.1) is 0 Å². The minimum Gasteiger partial charge on any atom is -0.383 e. The van der Waals surface area contributed by atoms with Crippen molar-refractivity contribution in [3.05, 3.63) is 42.6 Å². The van der Waals surface area contributed by atoms with Crippen LogP contribution in [0.1, 0.15) is 51.0 Å². The smallest absolute Gasteiger partial charge is 0.164 e. The van der Waals surface area contributed by atoms with Crippen molar-refractivity contribution < 1.29 is 0 Å². The van der Waals surface area contributed by atoms with E-state index < -0.39 is 0 Å². The molecular formula is C21H24N10. The predicted molar refractivity (Wildman–Crippen MR) is 116 cm³/mol. The summed E-state index contributed by atoms with van der Waals surface area (Å²) in [7, 11) is 0. The maximum Gasteiger partial charge on any atom is 0.164 e. The number of hydrogen-bond acceptors (Lipinski definition) is 8. The Bertz CT molecular complexity index is 1240. The predicted octanol–water partition coefficient (Wildman–Crippen LogP) is 2.98. The van der Waals surface area contributed by atoms with E-state index in [1.54, 1.807) is 10.9 Å². The maximum absolute atomic E-state index is 9.15. The monoisotopic (exact) mass is 416 g/mol. The van der Waals surface area contributed by atoms with Gasteiger partial charge in [-0.1, -0.05) is 13.8 Å². The summed E-state index contributed by atoms with van der Waals surface area (Å²) in [6.45, 7) is 7.01. The van der Waals surface area contributed by atoms with E-state index in [4.69, 9.17) is 16.1 Å². The van der Waals surface area contributed by atoms with Crippen LogP contribution in [0.3, 0.4) is 0 Å². The van der Waals surface area contributed by atoms with Gasteiger partial charge in [0.05, 0.1) is 35.8 Å². The molecule has 158 valence electrons. The molecule has 1 atom stereocenters. The molecule has 0 saturated heterocycles. The van der Waals surface area contributed by atoms with Crippen LogP contribution in [-0.2, 0) is 6.54 Å². The van der Waals surface area contributed by atoms with Gasteiger partial charge in [0.25, 0.3) is 0 Å². The molecule has 10 nitrogen and oxygen atoms in total. The molecule has 2 N–H and O–H groups in total. The van der Waals surface area contributed by atoms with E-state index >= 15 is 0 Å². The lowest BCUT2D eigenvalue weighted by Crippen LogP contribution is -2.10. The first kappa shape index (κ1) is 20.4. The van der Waals surface area contributed by atoms with E-state index in [9.17, 15) is 0 Å². The number of fused-ring (bicyclic) bond motifs is 1. The van der Waals surface area contributed by atoms with Crippen LogP contribution in [0.2, 0.25) is 0 Å². The van der Waals surface area contributed by atoms with E-state index in [1.807, 2.05) is 33.2 Å². The quantitative estimate of drug-likeness (QED) is 0.524. The van der Waals surface area contributed by atoms with Gasteiger partial charge < -0.3 is 10.3 Å². The lowest BCUT2D eigenvalue weighted by molar-refractivity contribution is 0.566. The zero-order valence-corrected chi connectivity index (χ0v) is 17.8. The van der Waals surface area contributed by atoms with Gasteiger partial charge in [-0.3, -0.25) is 4.98 Å². The van der Waals surface area contributed by atoms with Gasteiger partial charge in [0.1, 0.15) is 29.6 Å². The number of nitrogens with zero attached hydrogens (tertiary/aromatic N) is 9. The van der Waals surface area contributed by atoms with Crippen LogP contribution < -0.4 is 5.73 Å². The normalized spacial score (nSPS) is 14.0. The molecule has 4 aromatic rings. The van der Waals surface area contributed by atoms with Gasteiger partial charge in [-0.25, -0.2) is 24.6 Å². The zero-order valence-electron chi connectivity index (χ0n) is 17.8. The molecule has 5 rings (SSSR count). The van der Waals surface area contributed by atoms with E-state index in [1.165, 1.54) is 25.4 Å². The first-order chi connectivity index (χ1) is 15.1. The molecule has 4 aromatic heterocycles. The van der Waals surface area contributed by atoms with Crippen molar-refractivity contribution in [1.82, 2.24) is 39.3 Å². The first-order valence-electron chi connectivity index (χ1n) is 10.4. The molecule has 1 aliphatic rings. The van der Waals surface area contributed by atoms with Crippen LogP contribution in [0.25, 0.3) is 22.4 Å². The molecule has 1 fully saturated rings. The molecule has 4 heterocycles. The van der Waals surface area contributed by atoms with Crippen molar-refractivity contribution >= 4 is 16.9 Å². The van der Waals surface area contributed by atoms with Crippen LogP contribution >= 0.6 is 0 Å². The van der Waals surface area contributed by atoms with Gasteiger partial charge in [0.2, 0.25) is 0 Å². The van der Waals surface area contributed by atoms with E-state index in [0.717, 1.165) is 18.2 Å². The third kappa shape index (κ3) is 3.94. The number of imidazole rings is 1. The summed E-state index contributed by atoms with van der Waals surface area (Å²) in [4.78, 5) is 21.5. The number of rotatable bonds is 5. The highest BCUT2D eigenvalue weighted by Gasteiger charge is 2.25. The van der Waals surface area contributed by atoms with Crippen LogP contribution in [0.4, 0.5) is 5.82 Å². The molecule has 0 aromatic carbocycles. The highest BCUT2D eigenvalue weighted by atomic mass is 15.3. The Morgan fingerprint density at radius 1 is 1.23 bits per heavy atom. The van der Waals surface area contributed by atoms with Gasteiger partial charge in [-0.2, -0.15) is 10.4 Å². The van der Waals surface area contributed by atoms with E-state index in [2.05, 4.69) is 35.7 Å². The summed E-state index contributed by atoms with van der Waals surface area (Å²) in [5, 5.41) is 14.5. The topological polar surface area (TPSA) is 137 Å². The number of nitrogen functional groups attached to an aromatic ring is 1. The van der Waals surface area contributed by atoms with E-state index in [0.29, 0.717) is 28.2 Å². The Morgan fingerprint density at radius 3 is 2.77 bits per heavy atom. The van der Waals surface area contributed by atoms with Crippen molar-refractivity contribution in [1.29, 1.82) is 5.26 Å².